The first-order valence-electron chi connectivity index (χ1n) is 8.39. The number of methoxy groups -OCH3 is 1. The van der Waals surface area contributed by atoms with E-state index in [0.717, 1.165) is 31.4 Å². The third-order valence-corrected chi connectivity index (χ3v) is 4.18. The van der Waals surface area contributed by atoms with E-state index >= 15 is 0 Å². The highest BCUT2D eigenvalue weighted by Gasteiger charge is 2.32. The Morgan fingerprint density at radius 3 is 3.04 bits per heavy atom. The second-order valence-corrected chi connectivity index (χ2v) is 6.11. The van der Waals surface area contributed by atoms with Crippen LogP contribution in [0, 0.1) is 12.8 Å². The SMILES string of the molecule is COCCNC(=O)Nc1cc(C)nn1C1=NC(=O)C2CCCCC2=N1. The van der Waals surface area contributed by atoms with Gasteiger partial charge < -0.3 is 10.1 Å². The molecular formula is C16H22N6O3. The van der Waals surface area contributed by atoms with Gasteiger partial charge in [-0.25, -0.2) is 9.79 Å². The fourth-order valence-electron chi connectivity index (χ4n) is 2.99. The summed E-state index contributed by atoms with van der Waals surface area (Å²) in [7, 11) is 1.56. The number of ether oxygens (including phenoxy) is 1. The van der Waals surface area contributed by atoms with Crippen LogP contribution in [0.1, 0.15) is 31.4 Å². The average Bonchev–Trinajstić information content (AvgIpc) is 2.95. The van der Waals surface area contributed by atoms with Gasteiger partial charge in [-0.05, 0) is 26.2 Å². The maximum Gasteiger partial charge on any atom is 0.320 e. The Hall–Kier alpha value is -2.55. The molecule has 0 spiro atoms. The molecule has 3 rings (SSSR count). The summed E-state index contributed by atoms with van der Waals surface area (Å²) in [6.45, 7) is 2.60. The number of carbonyl (C=O) groups excluding carboxylic acids is 2. The highest BCUT2D eigenvalue weighted by Crippen LogP contribution is 2.26. The van der Waals surface area contributed by atoms with Crippen molar-refractivity contribution in [1.82, 2.24) is 15.1 Å². The topological polar surface area (TPSA) is 110 Å². The number of anilines is 1. The van der Waals surface area contributed by atoms with Gasteiger partial charge in [0.25, 0.3) is 11.9 Å². The van der Waals surface area contributed by atoms with E-state index in [-0.39, 0.29) is 23.8 Å². The van der Waals surface area contributed by atoms with Crippen molar-refractivity contribution in [2.45, 2.75) is 32.6 Å². The number of nitrogens with one attached hydrogen (secondary N) is 2. The van der Waals surface area contributed by atoms with E-state index in [2.05, 4.69) is 25.7 Å². The molecule has 1 aliphatic carbocycles. The van der Waals surface area contributed by atoms with Crippen LogP contribution in [-0.4, -0.2) is 53.7 Å². The maximum atomic E-state index is 12.3. The van der Waals surface area contributed by atoms with Gasteiger partial charge >= 0.3 is 6.03 Å². The molecule has 0 radical (unpaired) electrons. The molecular weight excluding hydrogens is 324 g/mol. The van der Waals surface area contributed by atoms with E-state index in [4.69, 9.17) is 4.74 Å². The molecule has 3 amide bonds. The molecule has 2 aliphatic rings. The van der Waals surface area contributed by atoms with Crippen molar-refractivity contribution >= 4 is 29.4 Å². The highest BCUT2D eigenvalue weighted by atomic mass is 16.5. The van der Waals surface area contributed by atoms with Gasteiger partial charge in [0.1, 0.15) is 5.82 Å². The molecule has 1 saturated carbocycles. The highest BCUT2D eigenvalue weighted by molar-refractivity contribution is 6.16. The van der Waals surface area contributed by atoms with Gasteiger partial charge in [0.15, 0.2) is 0 Å². The molecule has 1 aliphatic heterocycles. The Kier molecular flexibility index (Phi) is 5.22. The molecule has 2 N–H and O–H groups in total. The zero-order valence-corrected chi connectivity index (χ0v) is 14.4. The lowest BCUT2D eigenvalue weighted by atomic mass is 9.86. The van der Waals surface area contributed by atoms with Crippen LogP contribution >= 0.6 is 0 Å². The summed E-state index contributed by atoms with van der Waals surface area (Å²) in [5.74, 6) is 0.252. The lowest BCUT2D eigenvalue weighted by Crippen LogP contribution is -2.35. The number of aliphatic imine (C=N–C) groups is 2. The van der Waals surface area contributed by atoms with Crippen LogP contribution in [0.15, 0.2) is 16.1 Å². The minimum Gasteiger partial charge on any atom is -0.383 e. The lowest BCUT2D eigenvalue weighted by molar-refractivity contribution is -0.120. The number of fused-ring (bicyclic) bond motifs is 1. The first-order valence-corrected chi connectivity index (χ1v) is 8.39. The normalized spacial score (nSPS) is 19.8. The van der Waals surface area contributed by atoms with Gasteiger partial charge in [-0.2, -0.15) is 14.8 Å². The van der Waals surface area contributed by atoms with Crippen LogP contribution in [0.4, 0.5) is 10.6 Å². The van der Waals surface area contributed by atoms with Gasteiger partial charge in [-0.3, -0.25) is 10.1 Å². The molecule has 1 unspecified atom stereocenters. The van der Waals surface area contributed by atoms with Crippen molar-refractivity contribution in [1.29, 1.82) is 0 Å². The molecule has 0 saturated heterocycles. The van der Waals surface area contributed by atoms with Crippen molar-refractivity contribution in [3.8, 4) is 0 Å². The Morgan fingerprint density at radius 1 is 1.40 bits per heavy atom. The fourth-order valence-corrected chi connectivity index (χ4v) is 2.99. The first kappa shape index (κ1) is 17.3. The maximum absolute atomic E-state index is 12.3. The summed E-state index contributed by atoms with van der Waals surface area (Å²) >= 11 is 0. The molecule has 9 heteroatoms. The Morgan fingerprint density at radius 2 is 2.24 bits per heavy atom. The van der Waals surface area contributed by atoms with Gasteiger partial charge in [0, 0.05) is 25.4 Å². The van der Waals surface area contributed by atoms with Gasteiger partial charge in [0.05, 0.1) is 18.2 Å². The van der Waals surface area contributed by atoms with E-state index in [1.807, 2.05) is 0 Å². The standard InChI is InChI=1S/C16H22N6O3/c1-10-9-13(19-16(24)17-7-8-25-2)22(21-10)15-18-12-6-4-3-5-11(12)14(23)20-15/h9,11H,3-8H2,1-2H3,(H2,17,19,24). The van der Waals surface area contributed by atoms with E-state index < -0.39 is 0 Å². The zero-order chi connectivity index (χ0) is 17.8. The fraction of sp³-hybridized carbons (Fsp3) is 0.562. The molecule has 134 valence electrons. The molecule has 1 atom stereocenters. The van der Waals surface area contributed by atoms with Crippen LogP contribution in [0.5, 0.6) is 0 Å². The van der Waals surface area contributed by atoms with Gasteiger partial charge in [-0.15, -0.1) is 0 Å². The lowest BCUT2D eigenvalue weighted by Gasteiger charge is -2.24. The Balaban J connectivity index is 1.80. The van der Waals surface area contributed by atoms with Crippen LogP contribution in [0.2, 0.25) is 0 Å². The second-order valence-electron chi connectivity index (χ2n) is 6.11. The summed E-state index contributed by atoms with van der Waals surface area (Å²) in [6.07, 6.45) is 3.66. The number of hydrogen-bond acceptors (Lipinski definition) is 5. The van der Waals surface area contributed by atoms with E-state index in [9.17, 15) is 9.59 Å². The molecule has 25 heavy (non-hydrogen) atoms. The van der Waals surface area contributed by atoms with Crippen LogP contribution in [-0.2, 0) is 9.53 Å². The minimum atomic E-state index is -0.385. The van der Waals surface area contributed by atoms with Crippen molar-refractivity contribution < 1.29 is 14.3 Å². The van der Waals surface area contributed by atoms with Gasteiger partial charge in [-0.1, -0.05) is 6.42 Å². The first-order chi connectivity index (χ1) is 12.1. The third-order valence-electron chi connectivity index (χ3n) is 4.18. The summed E-state index contributed by atoms with van der Waals surface area (Å²) < 4.78 is 6.30. The number of hydrogen-bond donors (Lipinski definition) is 2. The molecule has 0 aromatic carbocycles. The van der Waals surface area contributed by atoms with Crippen molar-refractivity contribution in [2.24, 2.45) is 15.9 Å². The molecule has 1 fully saturated rings. The van der Waals surface area contributed by atoms with E-state index in [0.29, 0.717) is 24.7 Å². The van der Waals surface area contributed by atoms with Crippen molar-refractivity contribution in [3.63, 3.8) is 0 Å². The monoisotopic (exact) mass is 346 g/mol. The van der Waals surface area contributed by atoms with E-state index in [1.165, 1.54) is 4.68 Å². The van der Waals surface area contributed by atoms with E-state index in [1.54, 1.807) is 20.1 Å². The quantitative estimate of drug-likeness (QED) is 0.801. The number of carbonyl (C=O) groups is 2. The number of rotatable bonds is 4. The number of amides is 3. The summed E-state index contributed by atoms with van der Waals surface area (Å²) in [5, 5.41) is 9.69. The number of aromatic nitrogens is 2. The summed E-state index contributed by atoms with van der Waals surface area (Å²) in [4.78, 5) is 32.9. The van der Waals surface area contributed by atoms with Crippen molar-refractivity contribution in [2.75, 3.05) is 25.6 Å². The second kappa shape index (κ2) is 7.56. The zero-order valence-electron chi connectivity index (χ0n) is 14.4. The van der Waals surface area contributed by atoms with Gasteiger partial charge in [0.2, 0.25) is 0 Å². The molecule has 9 nitrogen and oxygen atoms in total. The minimum absolute atomic E-state index is 0.177. The molecule has 0 bridgehead atoms. The Labute approximate surface area is 145 Å². The van der Waals surface area contributed by atoms with Crippen molar-refractivity contribution in [3.05, 3.63) is 11.8 Å². The number of nitrogens with zero attached hydrogens (tertiary/aromatic N) is 4. The number of urea groups is 1. The largest absolute Gasteiger partial charge is 0.383 e. The van der Waals surface area contributed by atoms with Crippen LogP contribution in [0.3, 0.4) is 0 Å². The predicted octanol–water partition coefficient (Wildman–Crippen LogP) is 1.33. The number of aryl methyl sites for hydroxylation is 1. The van der Waals surface area contributed by atoms with Crippen LogP contribution < -0.4 is 10.6 Å². The summed E-state index contributed by atoms with van der Waals surface area (Å²) in [6, 6.07) is 1.32. The third kappa shape index (κ3) is 3.93. The van der Waals surface area contributed by atoms with Crippen LogP contribution in [0.25, 0.3) is 0 Å². The smallest absolute Gasteiger partial charge is 0.320 e. The molecule has 1 aromatic rings. The Bertz CT molecular complexity index is 736. The predicted molar refractivity (Wildman–Crippen MR) is 93.1 cm³/mol. The molecule has 2 heterocycles. The summed E-state index contributed by atoms with van der Waals surface area (Å²) in [5.41, 5.74) is 1.55. The average molecular weight is 346 g/mol. The molecule has 1 aromatic heterocycles.